The van der Waals surface area contributed by atoms with Crippen LogP contribution in [0.2, 0.25) is 0 Å². The third kappa shape index (κ3) is 1.87. The average Bonchev–Trinajstić information content (AvgIpc) is 2.85. The SMILES string of the molecule is Cn1cc(C(=O)C(N)c2cnn(C)c2)cn1. The van der Waals surface area contributed by atoms with E-state index in [1.54, 1.807) is 42.0 Å². The van der Waals surface area contributed by atoms with Crippen molar-refractivity contribution in [1.82, 2.24) is 19.6 Å². The summed E-state index contributed by atoms with van der Waals surface area (Å²) in [6.45, 7) is 0. The second kappa shape index (κ2) is 3.90. The Morgan fingerprint density at radius 1 is 1.25 bits per heavy atom. The number of carbonyl (C=O) groups is 1. The Morgan fingerprint density at radius 3 is 2.38 bits per heavy atom. The molecule has 2 N–H and O–H groups in total. The average molecular weight is 219 g/mol. The Hall–Kier alpha value is -1.95. The van der Waals surface area contributed by atoms with Crippen LogP contribution < -0.4 is 5.73 Å². The molecule has 84 valence electrons. The van der Waals surface area contributed by atoms with Crippen molar-refractivity contribution in [2.24, 2.45) is 19.8 Å². The summed E-state index contributed by atoms with van der Waals surface area (Å²) in [5, 5.41) is 7.92. The van der Waals surface area contributed by atoms with E-state index in [-0.39, 0.29) is 5.78 Å². The summed E-state index contributed by atoms with van der Waals surface area (Å²) >= 11 is 0. The molecule has 2 heterocycles. The maximum atomic E-state index is 12.0. The number of aryl methyl sites for hydroxylation is 2. The summed E-state index contributed by atoms with van der Waals surface area (Å²) < 4.78 is 3.19. The van der Waals surface area contributed by atoms with Crippen molar-refractivity contribution in [3.05, 3.63) is 35.9 Å². The molecule has 0 aromatic carbocycles. The van der Waals surface area contributed by atoms with E-state index in [0.717, 1.165) is 0 Å². The second-order valence-electron chi connectivity index (χ2n) is 3.69. The van der Waals surface area contributed by atoms with E-state index in [1.807, 2.05) is 0 Å². The maximum absolute atomic E-state index is 12.0. The first-order chi connectivity index (χ1) is 7.58. The first-order valence-electron chi connectivity index (χ1n) is 4.85. The van der Waals surface area contributed by atoms with Gasteiger partial charge in [0.2, 0.25) is 0 Å². The predicted octanol–water partition coefficient (Wildman–Crippen LogP) is 0.0363. The van der Waals surface area contributed by atoms with E-state index in [0.29, 0.717) is 11.1 Å². The number of nitrogens with zero attached hydrogens (tertiary/aromatic N) is 4. The molecule has 0 radical (unpaired) electrons. The van der Waals surface area contributed by atoms with Gasteiger partial charge in [-0.15, -0.1) is 0 Å². The number of hydrogen-bond acceptors (Lipinski definition) is 4. The fourth-order valence-electron chi connectivity index (χ4n) is 1.48. The molecule has 2 aromatic heterocycles. The summed E-state index contributed by atoms with van der Waals surface area (Å²) in [5.41, 5.74) is 7.07. The van der Waals surface area contributed by atoms with Crippen molar-refractivity contribution in [2.45, 2.75) is 6.04 Å². The summed E-state index contributed by atoms with van der Waals surface area (Å²) in [4.78, 5) is 12.0. The minimum Gasteiger partial charge on any atom is -0.317 e. The van der Waals surface area contributed by atoms with Crippen LogP contribution in [0.3, 0.4) is 0 Å². The van der Waals surface area contributed by atoms with Crippen molar-refractivity contribution in [1.29, 1.82) is 0 Å². The van der Waals surface area contributed by atoms with Gasteiger partial charge in [0, 0.05) is 32.1 Å². The summed E-state index contributed by atoms with van der Waals surface area (Å²) in [7, 11) is 3.54. The van der Waals surface area contributed by atoms with Gasteiger partial charge in [0.05, 0.1) is 24.0 Å². The van der Waals surface area contributed by atoms with Crippen LogP contribution in [-0.4, -0.2) is 25.3 Å². The van der Waals surface area contributed by atoms with Crippen LogP contribution >= 0.6 is 0 Å². The molecule has 1 unspecified atom stereocenters. The van der Waals surface area contributed by atoms with Gasteiger partial charge in [-0.1, -0.05) is 0 Å². The van der Waals surface area contributed by atoms with Crippen LogP contribution in [-0.2, 0) is 14.1 Å². The number of hydrogen-bond donors (Lipinski definition) is 1. The van der Waals surface area contributed by atoms with E-state index >= 15 is 0 Å². The third-order valence-corrected chi connectivity index (χ3v) is 2.36. The highest BCUT2D eigenvalue weighted by atomic mass is 16.1. The fourth-order valence-corrected chi connectivity index (χ4v) is 1.48. The zero-order valence-electron chi connectivity index (χ0n) is 9.16. The van der Waals surface area contributed by atoms with Gasteiger partial charge in [0.1, 0.15) is 0 Å². The summed E-state index contributed by atoms with van der Waals surface area (Å²) in [6, 6.07) is -0.683. The van der Waals surface area contributed by atoms with Gasteiger partial charge in [-0.05, 0) is 0 Å². The first-order valence-corrected chi connectivity index (χ1v) is 4.85. The Labute approximate surface area is 92.7 Å². The van der Waals surface area contributed by atoms with Gasteiger partial charge in [-0.3, -0.25) is 14.2 Å². The van der Waals surface area contributed by atoms with Gasteiger partial charge < -0.3 is 5.73 Å². The maximum Gasteiger partial charge on any atom is 0.187 e. The Morgan fingerprint density at radius 2 is 1.88 bits per heavy atom. The molecule has 0 bridgehead atoms. The molecule has 0 amide bonds. The number of ketones is 1. The Bertz CT molecular complexity index is 513. The van der Waals surface area contributed by atoms with E-state index in [2.05, 4.69) is 10.2 Å². The van der Waals surface area contributed by atoms with Gasteiger partial charge >= 0.3 is 0 Å². The molecule has 16 heavy (non-hydrogen) atoms. The lowest BCUT2D eigenvalue weighted by Crippen LogP contribution is -2.20. The summed E-state index contributed by atoms with van der Waals surface area (Å²) in [5.74, 6) is -0.152. The standard InChI is InChI=1S/C10H13N5O/c1-14-5-7(3-12-14)9(11)10(16)8-4-13-15(2)6-8/h3-6,9H,11H2,1-2H3. The molecule has 0 saturated heterocycles. The smallest absolute Gasteiger partial charge is 0.187 e. The van der Waals surface area contributed by atoms with Crippen molar-refractivity contribution in [3.63, 3.8) is 0 Å². The molecule has 0 spiro atoms. The van der Waals surface area contributed by atoms with E-state index in [4.69, 9.17) is 5.73 Å². The lowest BCUT2D eigenvalue weighted by atomic mass is 10.0. The van der Waals surface area contributed by atoms with Crippen molar-refractivity contribution < 1.29 is 4.79 Å². The van der Waals surface area contributed by atoms with E-state index in [1.165, 1.54) is 6.20 Å². The van der Waals surface area contributed by atoms with Gasteiger partial charge in [0.25, 0.3) is 0 Å². The predicted molar refractivity (Wildman–Crippen MR) is 57.7 cm³/mol. The molecular formula is C10H13N5O. The number of Topliss-reactive ketones (excluding diaryl/α,β-unsaturated/α-hetero) is 1. The van der Waals surface area contributed by atoms with E-state index in [9.17, 15) is 4.79 Å². The topological polar surface area (TPSA) is 78.7 Å². The Kier molecular flexibility index (Phi) is 2.57. The molecule has 0 fully saturated rings. The molecule has 0 aliphatic carbocycles. The molecule has 0 aliphatic heterocycles. The number of rotatable bonds is 3. The minimum absolute atomic E-state index is 0.152. The lowest BCUT2D eigenvalue weighted by molar-refractivity contribution is 0.0961. The number of aromatic nitrogens is 4. The molecule has 6 heteroatoms. The van der Waals surface area contributed by atoms with Gasteiger partial charge in [-0.25, -0.2) is 0 Å². The molecule has 6 nitrogen and oxygen atoms in total. The monoisotopic (exact) mass is 219 g/mol. The van der Waals surface area contributed by atoms with Crippen LogP contribution in [0.5, 0.6) is 0 Å². The number of nitrogens with two attached hydrogens (primary N) is 1. The quantitative estimate of drug-likeness (QED) is 0.739. The molecule has 2 rings (SSSR count). The minimum atomic E-state index is -0.683. The molecule has 2 aromatic rings. The molecule has 0 aliphatic rings. The molecular weight excluding hydrogens is 206 g/mol. The zero-order chi connectivity index (χ0) is 11.7. The largest absolute Gasteiger partial charge is 0.317 e. The van der Waals surface area contributed by atoms with Crippen molar-refractivity contribution >= 4 is 5.78 Å². The number of carbonyl (C=O) groups excluding carboxylic acids is 1. The van der Waals surface area contributed by atoms with Gasteiger partial charge in [0.15, 0.2) is 5.78 Å². The highest BCUT2D eigenvalue weighted by molar-refractivity contribution is 6.00. The molecule has 1 atom stereocenters. The van der Waals surface area contributed by atoms with Crippen LogP contribution in [0.1, 0.15) is 22.0 Å². The highest BCUT2D eigenvalue weighted by Crippen LogP contribution is 2.14. The van der Waals surface area contributed by atoms with Crippen LogP contribution in [0.15, 0.2) is 24.8 Å². The fraction of sp³-hybridized carbons (Fsp3) is 0.300. The van der Waals surface area contributed by atoms with Crippen molar-refractivity contribution in [2.75, 3.05) is 0 Å². The van der Waals surface area contributed by atoms with Crippen molar-refractivity contribution in [3.8, 4) is 0 Å². The van der Waals surface area contributed by atoms with Crippen LogP contribution in [0.4, 0.5) is 0 Å². The van der Waals surface area contributed by atoms with Gasteiger partial charge in [-0.2, -0.15) is 10.2 Å². The van der Waals surface area contributed by atoms with Crippen LogP contribution in [0.25, 0.3) is 0 Å². The third-order valence-electron chi connectivity index (χ3n) is 2.36. The highest BCUT2D eigenvalue weighted by Gasteiger charge is 2.20. The Balaban J connectivity index is 2.22. The second-order valence-corrected chi connectivity index (χ2v) is 3.69. The zero-order valence-corrected chi connectivity index (χ0v) is 9.16. The van der Waals surface area contributed by atoms with E-state index < -0.39 is 6.04 Å². The first kappa shape index (κ1) is 10.6. The van der Waals surface area contributed by atoms with Crippen LogP contribution in [0, 0.1) is 0 Å². The lowest BCUT2D eigenvalue weighted by Gasteiger charge is -2.05. The summed E-state index contributed by atoms with van der Waals surface area (Å²) in [6.07, 6.45) is 6.50. The normalized spacial score (nSPS) is 12.7. The molecule has 0 saturated carbocycles.